The highest BCUT2D eigenvalue weighted by molar-refractivity contribution is 5.91. The first kappa shape index (κ1) is 18.0. The van der Waals surface area contributed by atoms with E-state index in [1.165, 1.54) is 5.56 Å². The van der Waals surface area contributed by atoms with E-state index in [4.69, 9.17) is 10.5 Å². The van der Waals surface area contributed by atoms with Crippen molar-refractivity contribution >= 4 is 16.9 Å². The average Bonchev–Trinajstić information content (AvgIpc) is 3.18. The van der Waals surface area contributed by atoms with Crippen molar-refractivity contribution in [1.29, 1.82) is 0 Å². The van der Waals surface area contributed by atoms with Gasteiger partial charge in [-0.1, -0.05) is 30.3 Å². The van der Waals surface area contributed by atoms with E-state index in [0.29, 0.717) is 13.2 Å². The lowest BCUT2D eigenvalue weighted by Crippen LogP contribution is -2.10. The number of ether oxygens (including phenoxy) is 1. The second-order valence-corrected chi connectivity index (χ2v) is 6.61. The Morgan fingerprint density at radius 1 is 1.07 bits per heavy atom. The van der Waals surface area contributed by atoms with E-state index in [1.807, 2.05) is 42.5 Å². The molecule has 0 bridgehead atoms. The minimum absolute atomic E-state index is 0.136. The standard InChI is InChI=1S/C22H23N5O/c1-15(16-5-3-2-4-6-16)26-21-19-13-20(27-22(19)25-14-24-21)17-7-9-18(10-8-17)28-12-11-23/h2-10,13-15H,11-12,23H2,1H3,(H2,24,25,26,27). The van der Waals surface area contributed by atoms with Crippen LogP contribution in [0.3, 0.4) is 0 Å². The van der Waals surface area contributed by atoms with Crippen molar-refractivity contribution in [2.45, 2.75) is 13.0 Å². The quantitative estimate of drug-likeness (QED) is 0.453. The monoisotopic (exact) mass is 373 g/mol. The number of nitrogens with zero attached hydrogens (tertiary/aromatic N) is 2. The van der Waals surface area contributed by atoms with Gasteiger partial charge in [-0.25, -0.2) is 9.97 Å². The third-order valence-corrected chi connectivity index (χ3v) is 4.63. The molecule has 0 radical (unpaired) electrons. The van der Waals surface area contributed by atoms with Gasteiger partial charge in [0.2, 0.25) is 0 Å². The molecule has 2 heterocycles. The molecule has 4 N–H and O–H groups in total. The number of H-pyrrole nitrogens is 1. The minimum atomic E-state index is 0.136. The molecule has 0 aliphatic carbocycles. The predicted molar refractivity (Wildman–Crippen MR) is 112 cm³/mol. The van der Waals surface area contributed by atoms with Crippen molar-refractivity contribution in [2.24, 2.45) is 5.73 Å². The van der Waals surface area contributed by atoms with Gasteiger partial charge < -0.3 is 20.8 Å². The number of nitrogens with two attached hydrogens (primary N) is 1. The molecule has 0 amide bonds. The molecule has 28 heavy (non-hydrogen) atoms. The van der Waals surface area contributed by atoms with Crippen LogP contribution in [0.25, 0.3) is 22.3 Å². The van der Waals surface area contributed by atoms with E-state index >= 15 is 0 Å². The number of aromatic amines is 1. The Bertz CT molecular complexity index is 1040. The van der Waals surface area contributed by atoms with E-state index in [-0.39, 0.29) is 6.04 Å². The number of hydrogen-bond acceptors (Lipinski definition) is 5. The first-order valence-electron chi connectivity index (χ1n) is 9.33. The smallest absolute Gasteiger partial charge is 0.143 e. The maximum Gasteiger partial charge on any atom is 0.143 e. The molecule has 2 aromatic heterocycles. The van der Waals surface area contributed by atoms with Crippen LogP contribution in [0, 0.1) is 0 Å². The molecule has 0 aliphatic heterocycles. The van der Waals surface area contributed by atoms with E-state index in [1.54, 1.807) is 6.33 Å². The van der Waals surface area contributed by atoms with Gasteiger partial charge >= 0.3 is 0 Å². The average molecular weight is 373 g/mol. The van der Waals surface area contributed by atoms with Crippen molar-refractivity contribution in [1.82, 2.24) is 15.0 Å². The van der Waals surface area contributed by atoms with Gasteiger partial charge in [0.15, 0.2) is 0 Å². The summed E-state index contributed by atoms with van der Waals surface area (Å²) in [6.07, 6.45) is 1.58. The maximum absolute atomic E-state index is 5.54. The lowest BCUT2D eigenvalue weighted by atomic mass is 10.1. The van der Waals surface area contributed by atoms with Gasteiger partial charge in [0, 0.05) is 18.3 Å². The van der Waals surface area contributed by atoms with E-state index < -0.39 is 0 Å². The van der Waals surface area contributed by atoms with Gasteiger partial charge in [0.05, 0.1) is 5.39 Å². The van der Waals surface area contributed by atoms with Crippen molar-refractivity contribution in [3.8, 4) is 17.0 Å². The van der Waals surface area contributed by atoms with E-state index in [9.17, 15) is 0 Å². The molecule has 1 unspecified atom stereocenters. The number of hydrogen-bond donors (Lipinski definition) is 3. The first-order valence-corrected chi connectivity index (χ1v) is 9.33. The van der Waals surface area contributed by atoms with Crippen LogP contribution in [0.2, 0.25) is 0 Å². The van der Waals surface area contributed by atoms with Gasteiger partial charge in [-0.05, 0) is 48.4 Å². The van der Waals surface area contributed by atoms with Gasteiger partial charge in [0.25, 0.3) is 0 Å². The molecule has 0 saturated carbocycles. The zero-order valence-electron chi connectivity index (χ0n) is 15.7. The number of anilines is 1. The number of aromatic nitrogens is 3. The topological polar surface area (TPSA) is 88.8 Å². The third kappa shape index (κ3) is 3.82. The molecule has 1 atom stereocenters. The lowest BCUT2D eigenvalue weighted by molar-refractivity contribution is 0.328. The molecule has 0 aliphatic rings. The van der Waals surface area contributed by atoms with Crippen LogP contribution in [-0.2, 0) is 0 Å². The molecule has 0 saturated heterocycles. The number of rotatable bonds is 7. The van der Waals surface area contributed by atoms with E-state index in [2.05, 4.69) is 45.4 Å². The van der Waals surface area contributed by atoms with Crippen LogP contribution < -0.4 is 15.8 Å². The fourth-order valence-corrected chi connectivity index (χ4v) is 3.15. The molecule has 4 aromatic rings. The Morgan fingerprint density at radius 3 is 2.61 bits per heavy atom. The van der Waals surface area contributed by atoms with Gasteiger partial charge in [0.1, 0.15) is 30.1 Å². The lowest BCUT2D eigenvalue weighted by Gasteiger charge is -2.15. The summed E-state index contributed by atoms with van der Waals surface area (Å²) in [5.74, 6) is 1.62. The Hall–Kier alpha value is -3.38. The summed E-state index contributed by atoms with van der Waals surface area (Å²) in [5, 5.41) is 4.46. The highest BCUT2D eigenvalue weighted by atomic mass is 16.5. The van der Waals surface area contributed by atoms with Gasteiger partial charge in [-0.3, -0.25) is 0 Å². The number of nitrogens with one attached hydrogen (secondary N) is 2. The van der Waals surface area contributed by atoms with Crippen molar-refractivity contribution in [3.63, 3.8) is 0 Å². The largest absolute Gasteiger partial charge is 0.492 e. The van der Waals surface area contributed by atoms with Crippen LogP contribution in [0.1, 0.15) is 18.5 Å². The van der Waals surface area contributed by atoms with Crippen LogP contribution in [0.15, 0.2) is 67.0 Å². The molecule has 0 fully saturated rings. The van der Waals surface area contributed by atoms with Gasteiger partial charge in [-0.15, -0.1) is 0 Å². The summed E-state index contributed by atoms with van der Waals surface area (Å²) in [6.45, 7) is 3.13. The molecule has 6 heteroatoms. The molecular formula is C22H23N5O. The highest BCUT2D eigenvalue weighted by Crippen LogP contribution is 2.29. The van der Waals surface area contributed by atoms with Crippen LogP contribution >= 0.6 is 0 Å². The minimum Gasteiger partial charge on any atom is -0.492 e. The van der Waals surface area contributed by atoms with Crippen LogP contribution in [0.5, 0.6) is 5.75 Å². The summed E-state index contributed by atoms with van der Waals surface area (Å²) >= 11 is 0. The fraction of sp³-hybridized carbons (Fsp3) is 0.182. The third-order valence-electron chi connectivity index (χ3n) is 4.63. The number of fused-ring (bicyclic) bond motifs is 1. The zero-order valence-corrected chi connectivity index (χ0v) is 15.7. The molecule has 6 nitrogen and oxygen atoms in total. The summed E-state index contributed by atoms with van der Waals surface area (Å²) in [7, 11) is 0. The Labute approximate surface area is 163 Å². The summed E-state index contributed by atoms with van der Waals surface area (Å²) < 4.78 is 5.54. The highest BCUT2D eigenvalue weighted by Gasteiger charge is 2.12. The van der Waals surface area contributed by atoms with Crippen LogP contribution in [0.4, 0.5) is 5.82 Å². The predicted octanol–water partition coefficient (Wildman–Crippen LogP) is 4.14. The Balaban J connectivity index is 1.60. The molecular weight excluding hydrogens is 350 g/mol. The Morgan fingerprint density at radius 2 is 1.86 bits per heavy atom. The first-order chi connectivity index (χ1) is 13.7. The molecule has 142 valence electrons. The number of benzene rings is 2. The fourth-order valence-electron chi connectivity index (χ4n) is 3.15. The second-order valence-electron chi connectivity index (χ2n) is 6.61. The van der Waals surface area contributed by atoms with Crippen LogP contribution in [-0.4, -0.2) is 28.1 Å². The zero-order chi connectivity index (χ0) is 19.3. The maximum atomic E-state index is 5.54. The molecule has 0 spiro atoms. The normalized spacial score (nSPS) is 12.1. The SMILES string of the molecule is CC(Nc1ncnc2[nH]c(-c3ccc(OCCN)cc3)cc12)c1ccccc1. The van der Waals surface area contributed by atoms with Crippen molar-refractivity contribution < 1.29 is 4.74 Å². The Kier molecular flexibility index (Phi) is 5.21. The molecule has 2 aromatic carbocycles. The summed E-state index contributed by atoms with van der Waals surface area (Å²) in [4.78, 5) is 12.2. The summed E-state index contributed by atoms with van der Waals surface area (Å²) in [5.41, 5.74) is 9.52. The van der Waals surface area contributed by atoms with Crippen molar-refractivity contribution in [2.75, 3.05) is 18.5 Å². The van der Waals surface area contributed by atoms with E-state index in [0.717, 1.165) is 33.9 Å². The summed E-state index contributed by atoms with van der Waals surface area (Å²) in [6, 6.07) is 20.4. The van der Waals surface area contributed by atoms with Crippen molar-refractivity contribution in [3.05, 3.63) is 72.6 Å². The molecule has 4 rings (SSSR count). The van der Waals surface area contributed by atoms with Gasteiger partial charge in [-0.2, -0.15) is 0 Å². The second kappa shape index (κ2) is 8.10.